The molecule has 6 nitrogen and oxygen atoms in total. The highest BCUT2D eigenvalue weighted by Crippen LogP contribution is 2.20. The van der Waals surface area contributed by atoms with Gasteiger partial charge in [-0.3, -0.25) is 4.90 Å². The van der Waals surface area contributed by atoms with Crippen LogP contribution < -0.4 is 10.2 Å². The van der Waals surface area contributed by atoms with Gasteiger partial charge in [0.25, 0.3) is 0 Å². The molecule has 1 N–H and O–H groups in total. The van der Waals surface area contributed by atoms with Crippen molar-refractivity contribution in [2.24, 2.45) is 10.9 Å². The van der Waals surface area contributed by atoms with Crippen LogP contribution in [0.25, 0.3) is 0 Å². The molecule has 0 aliphatic carbocycles. The zero-order chi connectivity index (χ0) is 19.9. The van der Waals surface area contributed by atoms with Gasteiger partial charge < -0.3 is 19.9 Å². The molecule has 3 aliphatic rings. The summed E-state index contributed by atoms with van der Waals surface area (Å²) in [5.74, 6) is 1.79. The van der Waals surface area contributed by atoms with E-state index in [9.17, 15) is 0 Å². The highest BCUT2D eigenvalue weighted by Gasteiger charge is 2.27. The molecule has 1 unspecified atom stereocenters. The van der Waals surface area contributed by atoms with Crippen molar-refractivity contribution in [3.05, 3.63) is 42.0 Å². The van der Waals surface area contributed by atoms with Gasteiger partial charge in [0, 0.05) is 58.0 Å². The predicted octanol–water partition coefficient (Wildman–Crippen LogP) is 2.80. The number of nitrogens with zero attached hydrogens (tertiary/aromatic N) is 4. The maximum atomic E-state index is 5.48. The average molecular weight is 525 g/mol. The summed E-state index contributed by atoms with van der Waals surface area (Å²) in [6.45, 7) is 13.1. The fourth-order valence-corrected chi connectivity index (χ4v) is 4.42. The number of nitrogens with one attached hydrogen (secondary N) is 1. The molecule has 4 rings (SSSR count). The highest BCUT2D eigenvalue weighted by molar-refractivity contribution is 14.0. The van der Waals surface area contributed by atoms with Crippen molar-refractivity contribution in [2.75, 3.05) is 70.5 Å². The van der Waals surface area contributed by atoms with E-state index < -0.39 is 0 Å². The maximum absolute atomic E-state index is 5.48. The van der Waals surface area contributed by atoms with Crippen molar-refractivity contribution in [2.45, 2.75) is 19.9 Å². The highest BCUT2D eigenvalue weighted by atomic mass is 127. The second-order valence-electron chi connectivity index (χ2n) is 8.23. The second kappa shape index (κ2) is 11.9. The number of hydrogen-bond acceptors (Lipinski definition) is 4. The summed E-state index contributed by atoms with van der Waals surface area (Å²) in [7, 11) is 0. The first kappa shape index (κ1) is 23.3. The van der Waals surface area contributed by atoms with Crippen LogP contribution in [0.15, 0.2) is 41.4 Å². The molecule has 2 fully saturated rings. The summed E-state index contributed by atoms with van der Waals surface area (Å²) >= 11 is 0. The Balaban J connectivity index is 0.00000256. The summed E-state index contributed by atoms with van der Waals surface area (Å²) in [4.78, 5) is 12.3. The normalized spacial score (nSPS) is 22.4. The zero-order valence-electron chi connectivity index (χ0n) is 18.1. The Morgan fingerprint density at radius 3 is 2.53 bits per heavy atom. The number of aliphatic imine (C=N–C) groups is 1. The zero-order valence-corrected chi connectivity index (χ0v) is 20.5. The minimum atomic E-state index is 0. The molecule has 1 atom stereocenters. The van der Waals surface area contributed by atoms with E-state index >= 15 is 0 Å². The van der Waals surface area contributed by atoms with Gasteiger partial charge in [-0.2, -0.15) is 0 Å². The van der Waals surface area contributed by atoms with Crippen molar-refractivity contribution < 1.29 is 4.74 Å². The summed E-state index contributed by atoms with van der Waals surface area (Å²) in [6, 6.07) is 8.87. The number of hydrogen-bond donors (Lipinski definition) is 1. The molecule has 3 heterocycles. The molecule has 0 spiro atoms. The Morgan fingerprint density at radius 2 is 1.83 bits per heavy atom. The molecule has 1 aromatic rings. The van der Waals surface area contributed by atoms with Crippen LogP contribution in [0.2, 0.25) is 0 Å². The van der Waals surface area contributed by atoms with E-state index in [1.165, 1.54) is 24.2 Å². The van der Waals surface area contributed by atoms with Crippen LogP contribution in [0.4, 0.5) is 5.69 Å². The van der Waals surface area contributed by atoms with Crippen molar-refractivity contribution >= 4 is 35.6 Å². The fraction of sp³-hybridized carbons (Fsp3) is 0.609. The first-order chi connectivity index (χ1) is 14.3. The molecule has 2 saturated heterocycles. The average Bonchev–Trinajstić information content (AvgIpc) is 3.45. The minimum absolute atomic E-state index is 0. The van der Waals surface area contributed by atoms with Crippen LogP contribution in [0.1, 0.15) is 18.9 Å². The lowest BCUT2D eigenvalue weighted by Gasteiger charge is -2.29. The summed E-state index contributed by atoms with van der Waals surface area (Å²) in [5, 5.41) is 3.50. The molecule has 0 aromatic heterocycles. The molecule has 1 aromatic carbocycles. The first-order valence-corrected chi connectivity index (χ1v) is 11.1. The quantitative estimate of drug-likeness (QED) is 0.268. The fourth-order valence-electron chi connectivity index (χ4n) is 4.42. The third-order valence-corrected chi connectivity index (χ3v) is 6.07. The van der Waals surface area contributed by atoms with Crippen molar-refractivity contribution in [1.29, 1.82) is 0 Å². The molecule has 0 saturated carbocycles. The number of benzene rings is 1. The Morgan fingerprint density at radius 1 is 1.10 bits per heavy atom. The van der Waals surface area contributed by atoms with Gasteiger partial charge in [-0.1, -0.05) is 24.3 Å². The monoisotopic (exact) mass is 525 g/mol. The van der Waals surface area contributed by atoms with Gasteiger partial charge in [0.1, 0.15) is 0 Å². The third-order valence-electron chi connectivity index (χ3n) is 6.07. The standard InChI is InChI=1S/C23H35N5O.HI/c1-2-24-23(28-12-9-21(19-28)18-26-13-15-29-16-14-26)25-17-20-5-7-22(8-6-20)27-10-3-4-11-27;/h3-8,21H,2,9-19H2,1H3,(H,24,25);1H. The van der Waals surface area contributed by atoms with E-state index in [-0.39, 0.29) is 24.0 Å². The van der Waals surface area contributed by atoms with Gasteiger partial charge in [-0.25, -0.2) is 4.99 Å². The lowest BCUT2D eigenvalue weighted by molar-refractivity contribution is 0.0315. The van der Waals surface area contributed by atoms with Crippen molar-refractivity contribution in [3.63, 3.8) is 0 Å². The molecule has 7 heteroatoms. The van der Waals surface area contributed by atoms with Crippen LogP contribution in [0.3, 0.4) is 0 Å². The van der Waals surface area contributed by atoms with Crippen LogP contribution in [-0.4, -0.2) is 81.3 Å². The van der Waals surface area contributed by atoms with E-state index in [0.717, 1.165) is 77.4 Å². The van der Waals surface area contributed by atoms with Crippen LogP contribution in [-0.2, 0) is 11.3 Å². The van der Waals surface area contributed by atoms with Gasteiger partial charge >= 0.3 is 0 Å². The Labute approximate surface area is 198 Å². The molecule has 30 heavy (non-hydrogen) atoms. The van der Waals surface area contributed by atoms with Gasteiger partial charge in [0.15, 0.2) is 5.96 Å². The predicted molar refractivity (Wildman–Crippen MR) is 135 cm³/mol. The Bertz CT molecular complexity index is 694. The van der Waals surface area contributed by atoms with E-state index in [0.29, 0.717) is 0 Å². The van der Waals surface area contributed by atoms with Crippen molar-refractivity contribution in [3.8, 4) is 0 Å². The smallest absolute Gasteiger partial charge is 0.194 e. The summed E-state index contributed by atoms with van der Waals surface area (Å²) in [5.41, 5.74) is 2.56. The molecular formula is C23H36IN5O. The molecule has 0 amide bonds. The van der Waals surface area contributed by atoms with E-state index in [2.05, 4.69) is 63.4 Å². The second-order valence-corrected chi connectivity index (χ2v) is 8.23. The number of likely N-dealkylation sites (tertiary alicyclic amines) is 1. The van der Waals surface area contributed by atoms with E-state index in [1.807, 2.05) is 0 Å². The number of halogens is 1. The van der Waals surface area contributed by atoms with Gasteiger partial charge in [-0.15, -0.1) is 24.0 Å². The third kappa shape index (κ3) is 6.34. The first-order valence-electron chi connectivity index (χ1n) is 11.1. The molecule has 3 aliphatic heterocycles. The molecule has 0 radical (unpaired) electrons. The lowest BCUT2D eigenvalue weighted by Crippen LogP contribution is -2.42. The number of anilines is 1. The number of morpholine rings is 1. The SMILES string of the molecule is CCNC(=NCc1ccc(N2CC=CC2)cc1)N1CCC(CN2CCOCC2)C1.I. The minimum Gasteiger partial charge on any atom is -0.379 e. The van der Waals surface area contributed by atoms with Crippen LogP contribution >= 0.6 is 24.0 Å². The molecule has 0 bridgehead atoms. The van der Waals surface area contributed by atoms with E-state index in [1.54, 1.807) is 0 Å². The number of rotatable bonds is 6. The largest absolute Gasteiger partial charge is 0.379 e. The number of ether oxygens (including phenoxy) is 1. The van der Waals surface area contributed by atoms with Gasteiger partial charge in [-0.05, 0) is 37.0 Å². The molecular weight excluding hydrogens is 489 g/mol. The van der Waals surface area contributed by atoms with Crippen LogP contribution in [0.5, 0.6) is 0 Å². The Hall–Kier alpha value is -1.32. The van der Waals surface area contributed by atoms with Gasteiger partial charge in [0.05, 0.1) is 19.8 Å². The summed E-state index contributed by atoms with van der Waals surface area (Å²) < 4.78 is 5.48. The Kier molecular flexibility index (Phi) is 9.27. The van der Waals surface area contributed by atoms with Crippen LogP contribution in [0, 0.1) is 5.92 Å². The number of guanidine groups is 1. The van der Waals surface area contributed by atoms with Crippen molar-refractivity contribution in [1.82, 2.24) is 15.1 Å². The topological polar surface area (TPSA) is 43.3 Å². The molecule has 166 valence electrons. The van der Waals surface area contributed by atoms with Gasteiger partial charge in [0.2, 0.25) is 0 Å². The lowest BCUT2D eigenvalue weighted by atomic mass is 10.1. The van der Waals surface area contributed by atoms with E-state index in [4.69, 9.17) is 9.73 Å². The maximum Gasteiger partial charge on any atom is 0.194 e. The summed E-state index contributed by atoms with van der Waals surface area (Å²) in [6.07, 6.45) is 5.70.